The number of fused-ring (bicyclic) bond motifs is 1. The highest BCUT2D eigenvalue weighted by molar-refractivity contribution is 7.91. The molecule has 2 N–H and O–H groups in total. The number of nitrogens with one attached hydrogen (secondary N) is 2. The fourth-order valence-electron chi connectivity index (χ4n) is 5.61. The van der Waals surface area contributed by atoms with E-state index in [9.17, 15) is 18.0 Å². The lowest BCUT2D eigenvalue weighted by Crippen LogP contribution is -2.36. The molecule has 0 radical (unpaired) electrons. The predicted molar refractivity (Wildman–Crippen MR) is 167 cm³/mol. The van der Waals surface area contributed by atoms with E-state index in [1.807, 2.05) is 66.9 Å². The molecule has 2 aromatic heterocycles. The molecule has 0 spiro atoms. The fraction of sp³-hybridized carbons (Fsp3) is 0.281. The van der Waals surface area contributed by atoms with Crippen LogP contribution in [0.25, 0.3) is 23.0 Å². The molecule has 2 aliphatic rings. The Morgan fingerprint density at radius 2 is 1.79 bits per heavy atom. The second-order valence-electron chi connectivity index (χ2n) is 11.0. The molecule has 10 heteroatoms. The number of benzene rings is 2. The molecule has 8 nitrogen and oxygen atoms in total. The number of amides is 2. The van der Waals surface area contributed by atoms with Crippen molar-refractivity contribution in [2.24, 2.45) is 5.92 Å². The number of aromatic nitrogens is 2. The first kappa shape index (κ1) is 28.1. The summed E-state index contributed by atoms with van der Waals surface area (Å²) in [6.07, 6.45) is 8.06. The lowest BCUT2D eigenvalue weighted by atomic mass is 9.88. The van der Waals surface area contributed by atoms with Gasteiger partial charge in [-0.2, -0.15) is 5.10 Å². The lowest BCUT2D eigenvalue weighted by molar-refractivity contribution is -0.111. The van der Waals surface area contributed by atoms with Gasteiger partial charge < -0.3 is 10.6 Å². The summed E-state index contributed by atoms with van der Waals surface area (Å²) in [6.45, 7) is 2.19. The number of anilines is 1. The highest BCUT2D eigenvalue weighted by Crippen LogP contribution is 2.40. The van der Waals surface area contributed by atoms with E-state index in [1.54, 1.807) is 10.8 Å². The molecule has 216 valence electrons. The molecule has 0 saturated carbocycles. The van der Waals surface area contributed by atoms with Crippen molar-refractivity contribution in [3.05, 3.63) is 94.5 Å². The van der Waals surface area contributed by atoms with Gasteiger partial charge in [-0.05, 0) is 55.4 Å². The molecule has 42 heavy (non-hydrogen) atoms. The number of thiophene rings is 1. The Bertz CT molecular complexity index is 1760. The number of nitrogens with zero attached hydrogens (tertiary/aromatic N) is 2. The zero-order chi connectivity index (χ0) is 29.3. The molecular weight excluding hydrogens is 569 g/mol. The van der Waals surface area contributed by atoms with Crippen LogP contribution in [0, 0.1) is 5.92 Å². The maximum absolute atomic E-state index is 13.5. The van der Waals surface area contributed by atoms with Crippen molar-refractivity contribution < 1.29 is 18.0 Å². The molecule has 3 heterocycles. The monoisotopic (exact) mass is 600 g/mol. The van der Waals surface area contributed by atoms with E-state index in [0.717, 1.165) is 52.2 Å². The highest BCUT2D eigenvalue weighted by atomic mass is 32.2. The summed E-state index contributed by atoms with van der Waals surface area (Å²) in [7, 11) is -3.13. The first-order chi connectivity index (χ1) is 20.3. The van der Waals surface area contributed by atoms with Crippen LogP contribution in [0.3, 0.4) is 0 Å². The van der Waals surface area contributed by atoms with Gasteiger partial charge in [-0.25, -0.2) is 13.1 Å². The van der Waals surface area contributed by atoms with E-state index < -0.39 is 15.9 Å². The first-order valence-corrected chi connectivity index (χ1v) is 16.7. The van der Waals surface area contributed by atoms with Crippen LogP contribution in [0.4, 0.5) is 5.00 Å². The number of rotatable bonds is 7. The molecule has 1 aliphatic carbocycles. The average molecular weight is 601 g/mol. The van der Waals surface area contributed by atoms with Gasteiger partial charge in [-0.1, -0.05) is 55.5 Å². The summed E-state index contributed by atoms with van der Waals surface area (Å²) in [6, 6.07) is 19.2. The van der Waals surface area contributed by atoms with Crippen molar-refractivity contribution in [2.75, 3.05) is 16.8 Å². The number of sulfone groups is 1. The number of carbonyl (C=O) groups excluding carboxylic acids is 2. The molecule has 1 aliphatic heterocycles. The summed E-state index contributed by atoms with van der Waals surface area (Å²) >= 11 is 1.44. The van der Waals surface area contributed by atoms with E-state index in [0.29, 0.717) is 22.9 Å². The maximum Gasteiger partial charge on any atom is 0.254 e. The van der Waals surface area contributed by atoms with Gasteiger partial charge in [0.25, 0.3) is 5.91 Å². The van der Waals surface area contributed by atoms with Crippen molar-refractivity contribution in [1.82, 2.24) is 15.1 Å². The maximum atomic E-state index is 13.5. The number of hydrogen-bond donors (Lipinski definition) is 2. The van der Waals surface area contributed by atoms with Gasteiger partial charge in [-0.3, -0.25) is 9.59 Å². The van der Waals surface area contributed by atoms with Crippen molar-refractivity contribution in [1.29, 1.82) is 0 Å². The highest BCUT2D eigenvalue weighted by Gasteiger charge is 2.33. The fourth-order valence-corrected chi connectivity index (χ4v) is 8.69. The molecule has 6 rings (SSSR count). The van der Waals surface area contributed by atoms with E-state index in [-0.39, 0.29) is 23.3 Å². The number of para-hydroxylation sites is 1. The van der Waals surface area contributed by atoms with Gasteiger partial charge in [0, 0.05) is 34.3 Å². The molecule has 1 fully saturated rings. The lowest BCUT2D eigenvalue weighted by Gasteiger charge is -2.19. The molecule has 2 amide bonds. The third-order valence-electron chi connectivity index (χ3n) is 7.77. The van der Waals surface area contributed by atoms with Gasteiger partial charge in [-0.15, -0.1) is 11.3 Å². The van der Waals surface area contributed by atoms with E-state index >= 15 is 0 Å². The largest absolute Gasteiger partial charge is 0.348 e. The second kappa shape index (κ2) is 11.7. The van der Waals surface area contributed by atoms with Gasteiger partial charge in [0.05, 0.1) is 28.5 Å². The summed E-state index contributed by atoms with van der Waals surface area (Å²) in [5.74, 6) is -0.151. The minimum atomic E-state index is -3.13. The Morgan fingerprint density at radius 1 is 1.05 bits per heavy atom. The van der Waals surface area contributed by atoms with Crippen molar-refractivity contribution in [2.45, 2.75) is 38.6 Å². The molecule has 4 aromatic rings. The van der Waals surface area contributed by atoms with Gasteiger partial charge in [0.2, 0.25) is 5.91 Å². The third kappa shape index (κ3) is 6.10. The standard InChI is InChI=1S/C32H32N4O4S2/c1-21-12-14-26-27(18-21)41-32(29(26)31(38)33-24-16-17-42(39,40)20-24)34-28(37)15-13-23-19-36(25-10-6-3-7-11-25)35-30(23)22-8-4-2-5-9-22/h2-11,13,15,19,21,24H,12,14,16-18,20H2,1H3,(H,33,38)(H,34,37)/b15-13+. The van der Waals surface area contributed by atoms with Crippen LogP contribution in [0.1, 0.15) is 46.1 Å². The Hall–Kier alpha value is -4.02. The van der Waals surface area contributed by atoms with Crippen LogP contribution in [0.5, 0.6) is 0 Å². The predicted octanol–water partition coefficient (Wildman–Crippen LogP) is 5.29. The zero-order valence-electron chi connectivity index (χ0n) is 23.2. The minimum Gasteiger partial charge on any atom is -0.348 e. The average Bonchev–Trinajstić information content (AvgIpc) is 3.66. The quantitative estimate of drug-likeness (QED) is 0.280. The Kier molecular flexibility index (Phi) is 7.83. The molecule has 0 bridgehead atoms. The van der Waals surface area contributed by atoms with Crippen LogP contribution >= 0.6 is 11.3 Å². The summed E-state index contributed by atoms with van der Waals surface area (Å²) in [4.78, 5) is 27.8. The third-order valence-corrected chi connectivity index (χ3v) is 10.7. The summed E-state index contributed by atoms with van der Waals surface area (Å²) < 4.78 is 25.7. The SMILES string of the molecule is CC1CCc2c(sc(NC(=O)/C=C/c3cn(-c4ccccc4)nc3-c3ccccc3)c2C(=O)NC2CCS(=O)(=O)C2)C1. The van der Waals surface area contributed by atoms with Crippen molar-refractivity contribution >= 4 is 44.1 Å². The molecule has 2 aromatic carbocycles. The minimum absolute atomic E-state index is 0.0487. The Balaban J connectivity index is 1.27. The topological polar surface area (TPSA) is 110 Å². The van der Waals surface area contributed by atoms with Gasteiger partial charge in [0.15, 0.2) is 9.84 Å². The second-order valence-corrected chi connectivity index (χ2v) is 14.4. The Morgan fingerprint density at radius 3 is 2.50 bits per heavy atom. The zero-order valence-corrected chi connectivity index (χ0v) is 24.9. The van der Waals surface area contributed by atoms with Crippen LogP contribution < -0.4 is 10.6 Å². The van der Waals surface area contributed by atoms with Gasteiger partial charge in [0.1, 0.15) is 5.00 Å². The first-order valence-electron chi connectivity index (χ1n) is 14.1. The summed E-state index contributed by atoms with van der Waals surface area (Å²) in [5.41, 5.74) is 4.79. The van der Waals surface area contributed by atoms with Gasteiger partial charge >= 0.3 is 0 Å². The van der Waals surface area contributed by atoms with Crippen LogP contribution in [-0.4, -0.2) is 47.6 Å². The van der Waals surface area contributed by atoms with Crippen molar-refractivity contribution in [3.63, 3.8) is 0 Å². The van der Waals surface area contributed by atoms with Crippen molar-refractivity contribution in [3.8, 4) is 16.9 Å². The van der Waals surface area contributed by atoms with Crippen LogP contribution in [0.15, 0.2) is 72.9 Å². The molecule has 2 atom stereocenters. The molecular formula is C32H32N4O4S2. The number of carbonyl (C=O) groups is 2. The number of hydrogen-bond acceptors (Lipinski definition) is 6. The normalized spacial score (nSPS) is 19.5. The van der Waals surface area contributed by atoms with E-state index in [2.05, 4.69) is 17.6 Å². The summed E-state index contributed by atoms with van der Waals surface area (Å²) in [5, 5.41) is 11.2. The molecule has 2 unspecified atom stereocenters. The Labute approximate surface area is 249 Å². The van der Waals surface area contributed by atoms with Crippen LogP contribution in [0.2, 0.25) is 0 Å². The van der Waals surface area contributed by atoms with E-state index in [4.69, 9.17) is 5.10 Å². The molecule has 1 saturated heterocycles. The van der Waals surface area contributed by atoms with Crippen LogP contribution in [-0.2, 0) is 27.5 Å². The van der Waals surface area contributed by atoms with E-state index in [1.165, 1.54) is 17.4 Å². The smallest absolute Gasteiger partial charge is 0.254 e.